The van der Waals surface area contributed by atoms with Crippen molar-refractivity contribution in [3.8, 4) is 73.9 Å². The molecule has 0 aliphatic heterocycles. The molecule has 282 valence electrons. The van der Waals surface area contributed by atoms with Crippen LogP contribution in [0.4, 0.5) is 5.69 Å². The molecule has 0 bridgehead atoms. The van der Waals surface area contributed by atoms with E-state index in [1.807, 2.05) is 127 Å². The van der Waals surface area contributed by atoms with Crippen LogP contribution in [-0.2, 0) is 5.41 Å². The Balaban J connectivity index is 1.14. The molecule has 0 aliphatic rings. The first-order valence-electron chi connectivity index (χ1n) is 19.7. The Labute approximate surface area is 349 Å². The van der Waals surface area contributed by atoms with Gasteiger partial charge in [-0.15, -0.1) is 0 Å². The third-order valence-corrected chi connectivity index (χ3v) is 11.0. The Morgan fingerprint density at radius 3 is 1.03 bits per heavy atom. The second-order valence-corrected chi connectivity index (χ2v) is 14.5. The van der Waals surface area contributed by atoms with Crippen LogP contribution in [-0.4, -0.2) is 19.9 Å². The second kappa shape index (κ2) is 16.3. The van der Waals surface area contributed by atoms with Crippen molar-refractivity contribution in [3.05, 3.63) is 234 Å². The number of nitriles is 1. The molecule has 0 radical (unpaired) electrons. The highest BCUT2D eigenvalue weighted by molar-refractivity contribution is 5.88. The monoisotopic (exact) mass is 768 g/mol. The molecule has 2 heterocycles. The van der Waals surface area contributed by atoms with Gasteiger partial charge in [-0.25, -0.2) is 24.8 Å². The van der Waals surface area contributed by atoms with Gasteiger partial charge in [-0.05, 0) is 34.7 Å². The summed E-state index contributed by atoms with van der Waals surface area (Å²) in [6, 6.07) is 69.0. The first kappa shape index (κ1) is 37.3. The number of aromatic nitrogens is 4. The molecule has 0 N–H and O–H groups in total. The van der Waals surface area contributed by atoms with E-state index < -0.39 is 5.41 Å². The van der Waals surface area contributed by atoms with Crippen molar-refractivity contribution in [3.63, 3.8) is 0 Å². The minimum atomic E-state index is -0.548. The van der Waals surface area contributed by atoms with Gasteiger partial charge in [-0.1, -0.05) is 200 Å². The molecule has 0 saturated heterocycles. The van der Waals surface area contributed by atoms with E-state index in [-0.39, 0.29) is 0 Å². The predicted octanol–water partition coefficient (Wildman–Crippen LogP) is 13.0. The van der Waals surface area contributed by atoms with Crippen LogP contribution in [0.5, 0.6) is 0 Å². The summed E-state index contributed by atoms with van der Waals surface area (Å²) >= 11 is 0. The highest BCUT2D eigenvalue weighted by atomic mass is 14.9. The maximum Gasteiger partial charge on any atom is 0.238 e. The van der Waals surface area contributed by atoms with E-state index in [1.165, 1.54) is 0 Å². The lowest BCUT2D eigenvalue weighted by molar-refractivity contribution is 0.692. The lowest BCUT2D eigenvalue weighted by Crippen LogP contribution is -2.25. The van der Waals surface area contributed by atoms with Crippen LogP contribution in [0.1, 0.15) is 29.2 Å². The molecule has 1 unspecified atom stereocenters. The van der Waals surface area contributed by atoms with E-state index in [1.54, 1.807) is 0 Å². The second-order valence-electron chi connectivity index (χ2n) is 14.5. The molecule has 1 atom stereocenters. The van der Waals surface area contributed by atoms with E-state index in [9.17, 15) is 5.26 Å². The van der Waals surface area contributed by atoms with E-state index in [0.29, 0.717) is 45.7 Å². The minimum Gasteiger partial charge on any atom is -0.240 e. The standard InChI is InChI=1S/C54H36N6/c1-54(43-26-16-7-17-27-43,44-32-28-41(29-33-44)52-57-47(37-18-8-3-9-19-37)46(36-55)48(58-52)38-20-10-4-11-21-38)45-34-30-42(31-35-45)53-59-49(39-22-12-5-13-23-39)51(56-2)50(60-53)40-24-14-6-15-25-40/h3-35H,1H3. The fraction of sp³-hybridized carbons (Fsp3) is 0.0370. The Bertz CT molecular complexity index is 2700. The Hall–Kier alpha value is -8.32. The highest BCUT2D eigenvalue weighted by Crippen LogP contribution is 2.42. The fourth-order valence-electron chi connectivity index (χ4n) is 7.77. The number of benzene rings is 7. The van der Waals surface area contributed by atoms with Gasteiger partial charge >= 0.3 is 0 Å². The largest absolute Gasteiger partial charge is 0.240 e. The van der Waals surface area contributed by atoms with Crippen molar-refractivity contribution in [2.75, 3.05) is 0 Å². The van der Waals surface area contributed by atoms with Gasteiger partial charge in [-0.3, -0.25) is 0 Å². The molecular weight excluding hydrogens is 733 g/mol. The van der Waals surface area contributed by atoms with Crippen LogP contribution in [0, 0.1) is 17.9 Å². The van der Waals surface area contributed by atoms with Gasteiger partial charge in [0, 0.05) is 27.7 Å². The summed E-state index contributed by atoms with van der Waals surface area (Å²) in [6.07, 6.45) is 0. The van der Waals surface area contributed by atoms with Crippen molar-refractivity contribution in [2.24, 2.45) is 0 Å². The van der Waals surface area contributed by atoms with E-state index >= 15 is 0 Å². The van der Waals surface area contributed by atoms with Crippen LogP contribution < -0.4 is 0 Å². The SMILES string of the molecule is [C-]#[N+]c1c(-c2ccccc2)nc(-c2ccc(C(C)(c3ccccc3)c3ccc(-c4nc(-c5ccccc5)c(C#N)c(-c5ccccc5)n4)cc3)cc2)nc1-c1ccccc1. The summed E-state index contributed by atoms with van der Waals surface area (Å²) in [5.41, 5.74) is 11.1. The summed E-state index contributed by atoms with van der Waals surface area (Å²) in [5, 5.41) is 10.4. The molecule has 0 saturated carbocycles. The Morgan fingerprint density at radius 1 is 0.400 bits per heavy atom. The van der Waals surface area contributed by atoms with Gasteiger partial charge in [0.1, 0.15) is 11.6 Å². The summed E-state index contributed by atoms with van der Waals surface area (Å²) < 4.78 is 0. The maximum absolute atomic E-state index is 10.4. The van der Waals surface area contributed by atoms with E-state index in [0.717, 1.165) is 50.1 Å². The molecule has 9 aromatic rings. The molecule has 0 spiro atoms. The lowest BCUT2D eigenvalue weighted by atomic mass is 9.71. The van der Waals surface area contributed by atoms with Crippen LogP contribution in [0.15, 0.2) is 200 Å². The van der Waals surface area contributed by atoms with Gasteiger partial charge in [0.15, 0.2) is 11.6 Å². The van der Waals surface area contributed by atoms with Gasteiger partial charge in [0.25, 0.3) is 0 Å². The van der Waals surface area contributed by atoms with Crippen LogP contribution in [0.2, 0.25) is 0 Å². The zero-order valence-electron chi connectivity index (χ0n) is 32.7. The van der Waals surface area contributed by atoms with Crippen molar-refractivity contribution in [2.45, 2.75) is 12.3 Å². The lowest BCUT2D eigenvalue weighted by Gasteiger charge is -2.32. The van der Waals surface area contributed by atoms with Gasteiger partial charge in [0.05, 0.1) is 29.3 Å². The maximum atomic E-state index is 10.4. The molecule has 9 rings (SSSR count). The minimum absolute atomic E-state index is 0.423. The van der Waals surface area contributed by atoms with Gasteiger partial charge in [-0.2, -0.15) is 5.26 Å². The highest BCUT2D eigenvalue weighted by Gasteiger charge is 2.32. The van der Waals surface area contributed by atoms with Gasteiger partial charge in [0.2, 0.25) is 5.69 Å². The predicted molar refractivity (Wildman–Crippen MR) is 240 cm³/mol. The molecule has 6 nitrogen and oxygen atoms in total. The zero-order valence-corrected chi connectivity index (χ0v) is 32.7. The quantitative estimate of drug-likeness (QED) is 0.108. The molecule has 6 heteroatoms. The van der Waals surface area contributed by atoms with Crippen molar-refractivity contribution in [1.82, 2.24) is 19.9 Å². The number of rotatable bonds is 9. The Kier molecular flexibility index (Phi) is 10.1. The Morgan fingerprint density at radius 2 is 0.700 bits per heavy atom. The zero-order chi connectivity index (χ0) is 40.9. The van der Waals surface area contributed by atoms with Crippen molar-refractivity contribution >= 4 is 5.69 Å². The number of nitrogens with zero attached hydrogens (tertiary/aromatic N) is 6. The van der Waals surface area contributed by atoms with Crippen LogP contribution >= 0.6 is 0 Å². The van der Waals surface area contributed by atoms with Crippen molar-refractivity contribution in [1.29, 1.82) is 5.26 Å². The smallest absolute Gasteiger partial charge is 0.238 e. The molecule has 0 amide bonds. The summed E-state index contributed by atoms with van der Waals surface area (Å²) in [7, 11) is 0. The average Bonchev–Trinajstić information content (AvgIpc) is 3.34. The molecule has 60 heavy (non-hydrogen) atoms. The topological polar surface area (TPSA) is 79.7 Å². The van der Waals surface area contributed by atoms with Crippen LogP contribution in [0.25, 0.3) is 72.7 Å². The summed E-state index contributed by atoms with van der Waals surface area (Å²) in [4.78, 5) is 24.0. The molecule has 7 aromatic carbocycles. The molecule has 2 aromatic heterocycles. The molecular formula is C54H36N6. The van der Waals surface area contributed by atoms with Crippen LogP contribution in [0.3, 0.4) is 0 Å². The van der Waals surface area contributed by atoms with Crippen molar-refractivity contribution < 1.29 is 0 Å². The van der Waals surface area contributed by atoms with E-state index in [4.69, 9.17) is 26.5 Å². The normalized spacial score (nSPS) is 11.8. The molecule has 0 fully saturated rings. The summed E-state index contributed by atoms with van der Waals surface area (Å²) in [5.74, 6) is 1.09. The summed E-state index contributed by atoms with van der Waals surface area (Å²) in [6.45, 7) is 10.4. The molecule has 0 aliphatic carbocycles. The first-order chi connectivity index (χ1) is 29.5. The third-order valence-electron chi connectivity index (χ3n) is 11.0. The number of hydrogen-bond acceptors (Lipinski definition) is 5. The fourth-order valence-corrected chi connectivity index (χ4v) is 7.77. The average molecular weight is 769 g/mol. The number of hydrogen-bond donors (Lipinski definition) is 0. The van der Waals surface area contributed by atoms with Gasteiger partial charge < -0.3 is 0 Å². The first-order valence-corrected chi connectivity index (χ1v) is 19.7. The van der Waals surface area contributed by atoms with E-state index in [2.05, 4.69) is 90.6 Å². The third kappa shape index (κ3) is 7.00.